The Bertz CT molecular complexity index is 1220. The lowest BCUT2D eigenvalue weighted by molar-refractivity contribution is 0.0601. The molecule has 0 aliphatic heterocycles. The van der Waals surface area contributed by atoms with Gasteiger partial charge in [0.1, 0.15) is 17.1 Å². The summed E-state index contributed by atoms with van der Waals surface area (Å²) in [6.07, 6.45) is 0.882. The number of fused-ring (bicyclic) bond motifs is 2. The number of nitrogens with zero attached hydrogens (tertiary/aromatic N) is 2. The van der Waals surface area contributed by atoms with E-state index < -0.39 is 5.97 Å². The molecule has 7 heteroatoms. The number of carbonyl (C=O) groups excluding carboxylic acids is 1. The molecule has 29 heavy (non-hydrogen) atoms. The van der Waals surface area contributed by atoms with E-state index in [9.17, 15) is 9.18 Å². The number of nitrogens with one attached hydrogen (secondary N) is 1. The summed E-state index contributed by atoms with van der Waals surface area (Å²) >= 11 is 0. The van der Waals surface area contributed by atoms with Crippen LogP contribution in [0, 0.1) is 5.82 Å². The minimum Gasteiger partial charge on any atom is -0.465 e. The van der Waals surface area contributed by atoms with Gasteiger partial charge in [-0.25, -0.2) is 19.2 Å². The predicted molar refractivity (Wildman–Crippen MR) is 109 cm³/mol. The number of anilines is 1. The Hall–Kier alpha value is -3.48. The Morgan fingerprint density at radius 3 is 2.76 bits per heavy atom. The molecule has 1 N–H and O–H groups in total. The highest BCUT2D eigenvalue weighted by Gasteiger charge is 2.18. The molecule has 0 spiro atoms. The molecule has 2 heterocycles. The van der Waals surface area contributed by atoms with Crippen molar-refractivity contribution >= 4 is 33.8 Å². The number of carbonyl (C=O) groups is 1. The van der Waals surface area contributed by atoms with Crippen LogP contribution in [-0.2, 0) is 4.74 Å². The van der Waals surface area contributed by atoms with Gasteiger partial charge >= 0.3 is 5.97 Å². The molecule has 0 amide bonds. The van der Waals surface area contributed by atoms with Gasteiger partial charge in [-0.2, -0.15) is 0 Å². The van der Waals surface area contributed by atoms with Crippen molar-refractivity contribution in [3.05, 3.63) is 53.8 Å². The van der Waals surface area contributed by atoms with Crippen molar-refractivity contribution in [2.45, 2.75) is 26.3 Å². The highest BCUT2D eigenvalue weighted by Crippen LogP contribution is 2.33. The molecule has 148 valence electrons. The first kappa shape index (κ1) is 18.9. The summed E-state index contributed by atoms with van der Waals surface area (Å²) in [5, 5.41) is 4.00. The minimum absolute atomic E-state index is 0.145. The minimum atomic E-state index is -0.437. The summed E-state index contributed by atoms with van der Waals surface area (Å²) in [5.74, 6) is 0.257. The number of hydrogen-bond acceptors (Lipinski definition) is 6. The summed E-state index contributed by atoms with van der Waals surface area (Å²) in [6, 6.07) is 11.3. The quantitative estimate of drug-likeness (QED) is 0.471. The number of rotatable bonds is 5. The summed E-state index contributed by atoms with van der Waals surface area (Å²) in [7, 11) is 1.33. The van der Waals surface area contributed by atoms with Crippen LogP contribution in [0.25, 0.3) is 33.5 Å². The zero-order valence-electron chi connectivity index (χ0n) is 16.3. The second-order valence-corrected chi connectivity index (χ2v) is 6.86. The molecular formula is C22H20FN3O3. The third-order valence-electron chi connectivity index (χ3n) is 4.79. The first-order valence-corrected chi connectivity index (χ1v) is 9.34. The molecule has 4 aromatic rings. The van der Waals surface area contributed by atoms with Crippen LogP contribution in [-0.4, -0.2) is 29.1 Å². The fourth-order valence-corrected chi connectivity index (χ4v) is 3.04. The molecule has 0 aliphatic rings. The molecule has 0 fully saturated rings. The first-order valence-electron chi connectivity index (χ1n) is 9.34. The number of methoxy groups -OCH3 is 1. The maximum absolute atomic E-state index is 13.6. The molecule has 2 aromatic carbocycles. The fourth-order valence-electron chi connectivity index (χ4n) is 3.04. The smallest absolute Gasteiger partial charge is 0.337 e. The van der Waals surface area contributed by atoms with Gasteiger partial charge in [-0.1, -0.05) is 6.92 Å². The third kappa shape index (κ3) is 3.63. The highest BCUT2D eigenvalue weighted by atomic mass is 19.1. The lowest BCUT2D eigenvalue weighted by atomic mass is 10.1. The molecule has 0 saturated carbocycles. The van der Waals surface area contributed by atoms with E-state index in [1.807, 2.05) is 6.92 Å². The highest BCUT2D eigenvalue weighted by molar-refractivity contribution is 5.94. The number of halogens is 1. The van der Waals surface area contributed by atoms with Gasteiger partial charge < -0.3 is 14.5 Å². The SMILES string of the molecule is CCC(C)Nc1nc2cc(C(=O)OC)ccc2nc1-c1cc2cc(F)ccc2o1. The average molecular weight is 393 g/mol. The van der Waals surface area contributed by atoms with E-state index in [2.05, 4.69) is 17.2 Å². The van der Waals surface area contributed by atoms with E-state index in [0.29, 0.717) is 44.8 Å². The zero-order chi connectivity index (χ0) is 20.5. The number of hydrogen-bond donors (Lipinski definition) is 1. The van der Waals surface area contributed by atoms with E-state index in [1.165, 1.54) is 19.2 Å². The molecule has 4 rings (SSSR count). The molecular weight excluding hydrogens is 373 g/mol. The lowest BCUT2D eigenvalue weighted by Gasteiger charge is -2.15. The number of benzene rings is 2. The van der Waals surface area contributed by atoms with Crippen LogP contribution in [0.3, 0.4) is 0 Å². The molecule has 0 radical (unpaired) electrons. The molecule has 1 unspecified atom stereocenters. The second kappa shape index (κ2) is 7.50. The molecule has 0 bridgehead atoms. The van der Waals surface area contributed by atoms with Gasteiger partial charge in [-0.15, -0.1) is 0 Å². The summed E-state index contributed by atoms with van der Waals surface area (Å²) in [5.41, 5.74) is 2.66. The normalized spacial score (nSPS) is 12.3. The van der Waals surface area contributed by atoms with Gasteiger partial charge in [-0.05, 0) is 55.8 Å². The molecule has 6 nitrogen and oxygen atoms in total. The molecule has 1 atom stereocenters. The largest absolute Gasteiger partial charge is 0.465 e. The molecule has 2 aromatic heterocycles. The van der Waals surface area contributed by atoms with Crippen LogP contribution in [0.5, 0.6) is 0 Å². The van der Waals surface area contributed by atoms with Crippen LogP contribution < -0.4 is 5.32 Å². The van der Waals surface area contributed by atoms with Gasteiger partial charge in [0.15, 0.2) is 11.6 Å². The summed E-state index contributed by atoms with van der Waals surface area (Å²) < 4.78 is 24.3. The van der Waals surface area contributed by atoms with Crippen molar-refractivity contribution < 1.29 is 18.3 Å². The Labute approximate surface area is 166 Å². The van der Waals surface area contributed by atoms with Crippen LogP contribution in [0.4, 0.5) is 10.2 Å². The van der Waals surface area contributed by atoms with E-state index in [1.54, 1.807) is 30.3 Å². The van der Waals surface area contributed by atoms with Crippen molar-refractivity contribution in [1.82, 2.24) is 9.97 Å². The number of esters is 1. The van der Waals surface area contributed by atoms with Gasteiger partial charge in [0.05, 0.1) is 23.7 Å². The van der Waals surface area contributed by atoms with E-state index in [0.717, 1.165) is 6.42 Å². The van der Waals surface area contributed by atoms with E-state index in [4.69, 9.17) is 14.1 Å². The second-order valence-electron chi connectivity index (χ2n) is 6.86. The van der Waals surface area contributed by atoms with Crippen molar-refractivity contribution in [1.29, 1.82) is 0 Å². The van der Waals surface area contributed by atoms with Crippen LogP contribution in [0.2, 0.25) is 0 Å². The van der Waals surface area contributed by atoms with Gasteiger partial charge in [0, 0.05) is 11.4 Å². The van der Waals surface area contributed by atoms with E-state index in [-0.39, 0.29) is 11.9 Å². The van der Waals surface area contributed by atoms with Crippen LogP contribution >= 0.6 is 0 Å². The van der Waals surface area contributed by atoms with Gasteiger partial charge in [0.25, 0.3) is 0 Å². The summed E-state index contributed by atoms with van der Waals surface area (Å²) in [6.45, 7) is 4.10. The Balaban J connectivity index is 1.89. The fraction of sp³-hybridized carbons (Fsp3) is 0.227. The summed E-state index contributed by atoms with van der Waals surface area (Å²) in [4.78, 5) is 21.3. The van der Waals surface area contributed by atoms with Crippen molar-refractivity contribution in [2.24, 2.45) is 0 Å². The lowest BCUT2D eigenvalue weighted by Crippen LogP contribution is -2.16. The zero-order valence-corrected chi connectivity index (χ0v) is 16.3. The number of furan rings is 1. The molecule has 0 aliphatic carbocycles. The Morgan fingerprint density at radius 2 is 2.00 bits per heavy atom. The van der Waals surface area contributed by atoms with Crippen molar-refractivity contribution in [2.75, 3.05) is 12.4 Å². The molecule has 0 saturated heterocycles. The Morgan fingerprint density at radius 1 is 1.17 bits per heavy atom. The number of ether oxygens (including phenoxy) is 1. The first-order chi connectivity index (χ1) is 14.0. The van der Waals surface area contributed by atoms with Crippen LogP contribution in [0.1, 0.15) is 30.6 Å². The maximum atomic E-state index is 13.6. The van der Waals surface area contributed by atoms with E-state index >= 15 is 0 Å². The van der Waals surface area contributed by atoms with Crippen molar-refractivity contribution in [3.63, 3.8) is 0 Å². The number of aromatic nitrogens is 2. The Kier molecular flexibility index (Phi) is 4.88. The van der Waals surface area contributed by atoms with Gasteiger partial charge in [0.2, 0.25) is 0 Å². The van der Waals surface area contributed by atoms with Gasteiger partial charge in [-0.3, -0.25) is 0 Å². The van der Waals surface area contributed by atoms with Crippen LogP contribution in [0.15, 0.2) is 46.9 Å². The third-order valence-corrected chi connectivity index (χ3v) is 4.79. The predicted octanol–water partition coefficient (Wildman–Crippen LogP) is 5.18. The maximum Gasteiger partial charge on any atom is 0.337 e. The topological polar surface area (TPSA) is 77.2 Å². The standard InChI is InChI=1S/C22H20FN3O3/c1-4-12(2)24-21-20(19-11-14-9-15(23)6-8-18(14)29-19)25-16-7-5-13(22(27)28-3)10-17(16)26-21/h5-12H,4H2,1-3H3,(H,24,26). The monoisotopic (exact) mass is 393 g/mol. The average Bonchev–Trinajstić information content (AvgIpc) is 3.15. The van der Waals surface area contributed by atoms with Crippen molar-refractivity contribution in [3.8, 4) is 11.5 Å².